The van der Waals surface area contributed by atoms with Crippen LogP contribution in [0.5, 0.6) is 0 Å². The van der Waals surface area contributed by atoms with E-state index in [0.29, 0.717) is 19.1 Å². The van der Waals surface area contributed by atoms with E-state index in [-0.39, 0.29) is 12.1 Å². The molecular formula is C15H25ClN2O. The molecule has 0 aliphatic carbocycles. The molecule has 2 atom stereocenters. The van der Waals surface area contributed by atoms with E-state index in [2.05, 4.69) is 31.0 Å². The summed E-state index contributed by atoms with van der Waals surface area (Å²) in [6, 6.07) is 8.51. The van der Waals surface area contributed by atoms with Gasteiger partial charge in [-0.25, -0.2) is 0 Å². The molecule has 0 spiro atoms. The summed E-state index contributed by atoms with van der Waals surface area (Å²) in [7, 11) is 2.03. The van der Waals surface area contributed by atoms with E-state index in [9.17, 15) is 5.11 Å². The van der Waals surface area contributed by atoms with Crippen molar-refractivity contribution in [3.05, 3.63) is 34.9 Å². The van der Waals surface area contributed by atoms with Crippen LogP contribution in [-0.2, 0) is 0 Å². The molecule has 0 aliphatic rings. The molecule has 0 bridgehead atoms. The Morgan fingerprint density at radius 3 is 2.32 bits per heavy atom. The number of aliphatic hydroxyl groups excluding tert-OH is 1. The predicted octanol–water partition coefficient (Wildman–Crippen LogP) is 2.69. The first kappa shape index (κ1) is 16.4. The third-order valence-electron chi connectivity index (χ3n) is 3.27. The molecule has 1 aromatic rings. The lowest BCUT2D eigenvalue weighted by Crippen LogP contribution is -2.39. The van der Waals surface area contributed by atoms with Crippen molar-refractivity contribution >= 4 is 11.6 Å². The summed E-state index contributed by atoms with van der Waals surface area (Å²) in [5, 5.41) is 14.0. The molecule has 0 saturated heterocycles. The number of rotatable bonds is 7. The summed E-state index contributed by atoms with van der Waals surface area (Å²) in [5.74, 6) is 0. The van der Waals surface area contributed by atoms with Gasteiger partial charge in [-0.1, -0.05) is 37.6 Å². The van der Waals surface area contributed by atoms with Crippen LogP contribution in [0, 0.1) is 0 Å². The predicted molar refractivity (Wildman–Crippen MR) is 81.6 cm³/mol. The summed E-state index contributed by atoms with van der Waals surface area (Å²) >= 11 is 5.89. The van der Waals surface area contributed by atoms with Crippen LogP contribution in [0.2, 0.25) is 5.02 Å². The van der Waals surface area contributed by atoms with Crippen molar-refractivity contribution in [3.8, 4) is 0 Å². The highest BCUT2D eigenvalue weighted by molar-refractivity contribution is 6.30. The maximum absolute atomic E-state index is 9.98. The Bertz CT molecular complexity index is 367. The lowest BCUT2D eigenvalue weighted by Gasteiger charge is -2.27. The maximum Gasteiger partial charge on any atom is 0.0791 e. The molecule has 0 aromatic heterocycles. The normalized spacial score (nSPS) is 14.9. The Labute approximate surface area is 121 Å². The second kappa shape index (κ2) is 7.85. The molecule has 2 unspecified atom stereocenters. The zero-order chi connectivity index (χ0) is 14.4. The first-order valence-electron chi connectivity index (χ1n) is 6.77. The number of benzene rings is 1. The third-order valence-corrected chi connectivity index (χ3v) is 3.53. The second-order valence-electron chi connectivity index (χ2n) is 5.38. The lowest BCUT2D eigenvalue weighted by atomic mass is 10.1. The maximum atomic E-state index is 9.98. The quantitative estimate of drug-likeness (QED) is 0.808. The zero-order valence-corrected chi connectivity index (χ0v) is 13.0. The van der Waals surface area contributed by atoms with Crippen molar-refractivity contribution in [1.29, 1.82) is 0 Å². The van der Waals surface area contributed by atoms with E-state index in [0.717, 1.165) is 5.02 Å². The van der Waals surface area contributed by atoms with Crippen LogP contribution in [0.1, 0.15) is 32.4 Å². The molecule has 108 valence electrons. The summed E-state index contributed by atoms with van der Waals surface area (Å²) < 4.78 is 0. The van der Waals surface area contributed by atoms with Crippen molar-refractivity contribution in [1.82, 2.24) is 10.2 Å². The lowest BCUT2D eigenvalue weighted by molar-refractivity contribution is 0.105. The minimum atomic E-state index is -0.359. The van der Waals surface area contributed by atoms with Gasteiger partial charge in [0, 0.05) is 30.2 Å². The smallest absolute Gasteiger partial charge is 0.0791 e. The molecule has 0 aliphatic heterocycles. The van der Waals surface area contributed by atoms with Crippen LogP contribution in [0.3, 0.4) is 0 Å². The van der Waals surface area contributed by atoms with Gasteiger partial charge in [-0.2, -0.15) is 0 Å². The molecule has 0 amide bonds. The van der Waals surface area contributed by atoms with E-state index < -0.39 is 0 Å². The molecule has 0 saturated carbocycles. The van der Waals surface area contributed by atoms with Gasteiger partial charge >= 0.3 is 0 Å². The molecule has 0 heterocycles. The van der Waals surface area contributed by atoms with Gasteiger partial charge in [-0.05, 0) is 31.7 Å². The number of likely N-dealkylation sites (N-methyl/N-ethyl adjacent to an activating group) is 1. The van der Waals surface area contributed by atoms with Gasteiger partial charge in [-0.15, -0.1) is 0 Å². The zero-order valence-electron chi connectivity index (χ0n) is 12.2. The topological polar surface area (TPSA) is 35.5 Å². The number of nitrogens with one attached hydrogen (secondary N) is 1. The number of halogens is 1. The van der Waals surface area contributed by atoms with E-state index >= 15 is 0 Å². The Balaban J connectivity index is 2.48. The molecule has 0 radical (unpaired) electrons. The molecule has 4 heteroatoms. The monoisotopic (exact) mass is 284 g/mol. The van der Waals surface area contributed by atoms with Crippen LogP contribution in [0.25, 0.3) is 0 Å². The summed E-state index contributed by atoms with van der Waals surface area (Å²) in [5.41, 5.74) is 1.20. The fourth-order valence-corrected chi connectivity index (χ4v) is 2.05. The Morgan fingerprint density at radius 1 is 1.21 bits per heavy atom. The first-order valence-corrected chi connectivity index (χ1v) is 7.15. The van der Waals surface area contributed by atoms with Crippen LogP contribution in [0.4, 0.5) is 0 Å². The van der Waals surface area contributed by atoms with Crippen molar-refractivity contribution in [3.63, 3.8) is 0 Å². The van der Waals surface area contributed by atoms with Crippen LogP contribution < -0.4 is 5.32 Å². The fraction of sp³-hybridized carbons (Fsp3) is 0.600. The van der Waals surface area contributed by atoms with Gasteiger partial charge in [0.25, 0.3) is 0 Å². The number of hydrogen-bond donors (Lipinski definition) is 2. The summed E-state index contributed by atoms with van der Waals surface area (Å²) in [4.78, 5) is 2.15. The Hall–Kier alpha value is -0.610. The van der Waals surface area contributed by atoms with E-state index in [1.807, 2.05) is 31.3 Å². The molecule has 3 nitrogen and oxygen atoms in total. The van der Waals surface area contributed by atoms with Crippen LogP contribution in [0.15, 0.2) is 24.3 Å². The Morgan fingerprint density at radius 2 is 1.79 bits per heavy atom. The highest BCUT2D eigenvalue weighted by Crippen LogP contribution is 2.20. The fourth-order valence-electron chi connectivity index (χ4n) is 1.92. The minimum absolute atomic E-state index is 0.256. The van der Waals surface area contributed by atoms with Gasteiger partial charge in [0.05, 0.1) is 6.10 Å². The number of aliphatic hydroxyl groups is 1. The van der Waals surface area contributed by atoms with Crippen molar-refractivity contribution in [2.24, 2.45) is 0 Å². The van der Waals surface area contributed by atoms with Gasteiger partial charge in [0.1, 0.15) is 0 Å². The molecule has 2 N–H and O–H groups in total. The highest BCUT2D eigenvalue weighted by Gasteiger charge is 2.15. The van der Waals surface area contributed by atoms with E-state index in [4.69, 9.17) is 11.6 Å². The molecular weight excluding hydrogens is 260 g/mol. The van der Waals surface area contributed by atoms with Gasteiger partial charge in [0.15, 0.2) is 0 Å². The van der Waals surface area contributed by atoms with Crippen molar-refractivity contribution in [2.45, 2.75) is 39.0 Å². The van der Waals surface area contributed by atoms with Gasteiger partial charge in [0.2, 0.25) is 0 Å². The Kier molecular flexibility index (Phi) is 6.80. The van der Waals surface area contributed by atoms with Crippen LogP contribution >= 0.6 is 11.6 Å². The highest BCUT2D eigenvalue weighted by atomic mass is 35.5. The largest absolute Gasteiger partial charge is 0.390 e. The minimum Gasteiger partial charge on any atom is -0.390 e. The SMILES string of the molecule is CC(C)NCC(O)CN(C)C(C)c1ccc(Cl)cc1. The molecule has 0 fully saturated rings. The average molecular weight is 285 g/mol. The standard InChI is InChI=1S/C15H25ClN2O/c1-11(2)17-9-15(19)10-18(4)12(3)13-5-7-14(16)8-6-13/h5-8,11-12,15,17,19H,9-10H2,1-4H3. The summed E-state index contributed by atoms with van der Waals surface area (Å²) in [6.07, 6.45) is -0.359. The van der Waals surface area contributed by atoms with E-state index in [1.165, 1.54) is 5.56 Å². The molecule has 1 rings (SSSR count). The van der Waals surface area contributed by atoms with Gasteiger partial charge < -0.3 is 10.4 Å². The number of nitrogens with zero attached hydrogens (tertiary/aromatic N) is 1. The van der Waals surface area contributed by atoms with Crippen molar-refractivity contribution < 1.29 is 5.11 Å². The second-order valence-corrected chi connectivity index (χ2v) is 5.82. The first-order chi connectivity index (χ1) is 8.90. The summed E-state index contributed by atoms with van der Waals surface area (Å²) in [6.45, 7) is 7.55. The number of hydrogen-bond acceptors (Lipinski definition) is 3. The van der Waals surface area contributed by atoms with Crippen LogP contribution in [-0.4, -0.2) is 42.3 Å². The third kappa shape index (κ3) is 5.91. The van der Waals surface area contributed by atoms with Gasteiger partial charge in [-0.3, -0.25) is 4.90 Å². The molecule has 19 heavy (non-hydrogen) atoms. The van der Waals surface area contributed by atoms with Crippen molar-refractivity contribution in [2.75, 3.05) is 20.1 Å². The average Bonchev–Trinajstić information content (AvgIpc) is 2.36. The molecule has 1 aromatic carbocycles. The van der Waals surface area contributed by atoms with E-state index in [1.54, 1.807) is 0 Å².